The van der Waals surface area contributed by atoms with Crippen molar-refractivity contribution in [3.05, 3.63) is 23.8 Å². The molecule has 1 atom stereocenters. The number of hydrogen-bond acceptors (Lipinski definition) is 4. The molecule has 72 valence electrons. The zero-order valence-electron chi connectivity index (χ0n) is 7.43. The van der Waals surface area contributed by atoms with Crippen molar-refractivity contribution in [3.63, 3.8) is 0 Å². The van der Waals surface area contributed by atoms with Crippen LogP contribution in [0.3, 0.4) is 0 Å². The third-order valence-corrected chi connectivity index (χ3v) is 2.01. The summed E-state index contributed by atoms with van der Waals surface area (Å²) < 4.78 is 10.7. The molecule has 1 aliphatic rings. The summed E-state index contributed by atoms with van der Waals surface area (Å²) in [7, 11) is 0. The van der Waals surface area contributed by atoms with Crippen LogP contribution in [0.2, 0.25) is 0 Å². The van der Waals surface area contributed by atoms with Crippen LogP contribution < -0.4 is 9.47 Å². The molecule has 1 heterocycles. The first kappa shape index (κ1) is 8.85. The molecule has 1 unspecified atom stereocenters. The molecule has 1 aromatic rings. The highest BCUT2D eigenvalue weighted by Gasteiger charge is 2.19. The molecule has 0 aromatic heterocycles. The van der Waals surface area contributed by atoms with Crippen molar-refractivity contribution in [1.29, 1.82) is 5.26 Å². The average Bonchev–Trinajstić information content (AvgIpc) is 2.27. The van der Waals surface area contributed by atoms with Crippen LogP contribution in [0.1, 0.15) is 11.7 Å². The molecule has 14 heavy (non-hydrogen) atoms. The second-order valence-corrected chi connectivity index (χ2v) is 2.90. The van der Waals surface area contributed by atoms with Crippen LogP contribution in [0.25, 0.3) is 0 Å². The van der Waals surface area contributed by atoms with Gasteiger partial charge >= 0.3 is 0 Å². The quantitative estimate of drug-likeness (QED) is 0.673. The maximum absolute atomic E-state index is 9.39. The van der Waals surface area contributed by atoms with Gasteiger partial charge in [-0.15, -0.1) is 0 Å². The van der Waals surface area contributed by atoms with Crippen molar-refractivity contribution in [2.24, 2.45) is 0 Å². The third-order valence-electron chi connectivity index (χ3n) is 2.01. The molecule has 1 aromatic carbocycles. The van der Waals surface area contributed by atoms with E-state index in [1.54, 1.807) is 24.3 Å². The van der Waals surface area contributed by atoms with Crippen molar-refractivity contribution in [2.45, 2.75) is 6.10 Å². The number of aliphatic hydroxyl groups is 1. The summed E-state index contributed by atoms with van der Waals surface area (Å²) in [5.41, 5.74) is 0.463. The van der Waals surface area contributed by atoms with E-state index in [4.69, 9.17) is 14.7 Å². The van der Waals surface area contributed by atoms with Gasteiger partial charge in [0.2, 0.25) is 0 Å². The smallest absolute Gasteiger partial charge is 0.169 e. The van der Waals surface area contributed by atoms with Crippen molar-refractivity contribution in [2.75, 3.05) is 13.2 Å². The summed E-state index contributed by atoms with van der Waals surface area (Å²) >= 11 is 0. The van der Waals surface area contributed by atoms with E-state index in [1.807, 2.05) is 0 Å². The molecular weight excluding hydrogens is 182 g/mol. The van der Waals surface area contributed by atoms with Crippen LogP contribution in [0.15, 0.2) is 18.2 Å². The Morgan fingerprint density at radius 1 is 1.36 bits per heavy atom. The minimum absolute atomic E-state index is 0.447. The maximum Gasteiger partial charge on any atom is 0.169 e. The third kappa shape index (κ3) is 1.38. The Balaban J connectivity index is 2.46. The molecule has 0 aliphatic carbocycles. The highest BCUT2D eigenvalue weighted by molar-refractivity contribution is 5.49. The molecule has 0 saturated heterocycles. The maximum atomic E-state index is 9.39. The lowest BCUT2D eigenvalue weighted by Gasteiger charge is -2.21. The SMILES string of the molecule is N#CC(O)c1cccc2c1OCCO2. The predicted octanol–water partition coefficient (Wildman–Crippen LogP) is 1.01. The van der Waals surface area contributed by atoms with E-state index in [-0.39, 0.29) is 0 Å². The molecule has 1 aliphatic heterocycles. The van der Waals surface area contributed by atoms with E-state index in [1.165, 1.54) is 0 Å². The fourth-order valence-electron chi connectivity index (χ4n) is 1.38. The highest BCUT2D eigenvalue weighted by Crippen LogP contribution is 2.36. The lowest BCUT2D eigenvalue weighted by Crippen LogP contribution is -2.17. The van der Waals surface area contributed by atoms with Gasteiger partial charge in [0.05, 0.1) is 6.07 Å². The van der Waals surface area contributed by atoms with Gasteiger partial charge in [0, 0.05) is 5.56 Å². The van der Waals surface area contributed by atoms with Gasteiger partial charge in [0.25, 0.3) is 0 Å². The van der Waals surface area contributed by atoms with Crippen molar-refractivity contribution < 1.29 is 14.6 Å². The largest absolute Gasteiger partial charge is 0.486 e. The Kier molecular flexibility index (Phi) is 2.25. The number of rotatable bonds is 1. The molecule has 4 nitrogen and oxygen atoms in total. The standard InChI is InChI=1S/C10H9NO3/c11-6-8(12)7-2-1-3-9-10(7)14-5-4-13-9/h1-3,8,12H,4-5H2. The van der Waals surface area contributed by atoms with E-state index < -0.39 is 6.10 Å². The summed E-state index contributed by atoms with van der Waals surface area (Å²) in [6.07, 6.45) is -1.16. The fourth-order valence-corrected chi connectivity index (χ4v) is 1.38. The Bertz CT molecular complexity index is 383. The van der Waals surface area contributed by atoms with Crippen molar-refractivity contribution in [3.8, 4) is 17.6 Å². The molecular formula is C10H9NO3. The number of aliphatic hydroxyl groups excluding tert-OH is 1. The van der Waals surface area contributed by atoms with Crippen LogP contribution in [-0.4, -0.2) is 18.3 Å². The van der Waals surface area contributed by atoms with Crippen LogP contribution >= 0.6 is 0 Å². The lowest BCUT2D eigenvalue weighted by atomic mass is 10.1. The van der Waals surface area contributed by atoms with E-state index in [2.05, 4.69) is 0 Å². The number of hydrogen-bond donors (Lipinski definition) is 1. The van der Waals surface area contributed by atoms with Gasteiger partial charge in [0.1, 0.15) is 13.2 Å². The van der Waals surface area contributed by atoms with Gasteiger partial charge in [-0.1, -0.05) is 12.1 Å². The van der Waals surface area contributed by atoms with Gasteiger partial charge < -0.3 is 14.6 Å². The molecule has 0 spiro atoms. The van der Waals surface area contributed by atoms with Gasteiger partial charge in [-0.2, -0.15) is 5.26 Å². The molecule has 0 bridgehead atoms. The Hall–Kier alpha value is -1.73. The van der Waals surface area contributed by atoms with E-state index in [9.17, 15) is 5.11 Å². The summed E-state index contributed by atoms with van der Waals surface area (Å²) in [5.74, 6) is 1.07. The topological polar surface area (TPSA) is 62.5 Å². The molecule has 0 saturated carbocycles. The molecule has 0 amide bonds. The first-order valence-corrected chi connectivity index (χ1v) is 4.29. The Labute approximate surface area is 81.3 Å². The molecule has 1 N–H and O–H groups in total. The number of para-hydroxylation sites is 1. The van der Waals surface area contributed by atoms with Gasteiger partial charge in [0.15, 0.2) is 17.6 Å². The lowest BCUT2D eigenvalue weighted by molar-refractivity contribution is 0.161. The number of nitrogens with zero attached hydrogens (tertiary/aromatic N) is 1. The monoisotopic (exact) mass is 191 g/mol. The van der Waals surface area contributed by atoms with Crippen LogP contribution in [0.5, 0.6) is 11.5 Å². The normalized spacial score (nSPS) is 15.7. The highest BCUT2D eigenvalue weighted by atomic mass is 16.6. The Morgan fingerprint density at radius 3 is 2.93 bits per heavy atom. The first-order valence-electron chi connectivity index (χ1n) is 4.29. The summed E-state index contributed by atoms with van der Waals surface area (Å²) in [6, 6.07) is 6.88. The zero-order chi connectivity index (χ0) is 9.97. The molecule has 2 rings (SSSR count). The van der Waals surface area contributed by atoms with Crippen molar-refractivity contribution >= 4 is 0 Å². The molecule has 0 fully saturated rings. The number of fused-ring (bicyclic) bond motifs is 1. The zero-order valence-corrected chi connectivity index (χ0v) is 7.43. The summed E-state index contributed by atoms with van der Waals surface area (Å²) in [4.78, 5) is 0. The number of benzene rings is 1. The minimum atomic E-state index is -1.16. The Morgan fingerprint density at radius 2 is 2.14 bits per heavy atom. The number of nitriles is 1. The van der Waals surface area contributed by atoms with E-state index >= 15 is 0 Å². The van der Waals surface area contributed by atoms with Gasteiger partial charge in [-0.3, -0.25) is 0 Å². The van der Waals surface area contributed by atoms with Crippen LogP contribution in [0, 0.1) is 11.3 Å². The first-order chi connectivity index (χ1) is 6.83. The summed E-state index contributed by atoms with van der Waals surface area (Å²) in [5, 5.41) is 18.0. The summed E-state index contributed by atoms with van der Waals surface area (Å²) in [6.45, 7) is 0.946. The van der Waals surface area contributed by atoms with Crippen LogP contribution in [0.4, 0.5) is 0 Å². The van der Waals surface area contributed by atoms with Gasteiger partial charge in [-0.05, 0) is 6.07 Å². The second kappa shape index (κ2) is 3.56. The second-order valence-electron chi connectivity index (χ2n) is 2.90. The van der Waals surface area contributed by atoms with Crippen molar-refractivity contribution in [1.82, 2.24) is 0 Å². The number of ether oxygens (including phenoxy) is 2. The van der Waals surface area contributed by atoms with Crippen LogP contribution in [-0.2, 0) is 0 Å². The molecule has 0 radical (unpaired) electrons. The van der Waals surface area contributed by atoms with Gasteiger partial charge in [-0.25, -0.2) is 0 Å². The molecule has 4 heteroatoms. The minimum Gasteiger partial charge on any atom is -0.486 e. The fraction of sp³-hybridized carbons (Fsp3) is 0.300. The van der Waals surface area contributed by atoms with E-state index in [0.717, 1.165) is 0 Å². The predicted molar refractivity (Wildman–Crippen MR) is 48.0 cm³/mol. The average molecular weight is 191 g/mol. The van der Waals surface area contributed by atoms with E-state index in [0.29, 0.717) is 30.3 Å².